The number of ether oxygens (including phenoxy) is 4. The number of rotatable bonds is 11. The van der Waals surface area contributed by atoms with E-state index >= 15 is 0 Å². The lowest BCUT2D eigenvalue weighted by Crippen LogP contribution is -2.15. The Morgan fingerprint density at radius 3 is 2.33 bits per heavy atom. The van der Waals surface area contributed by atoms with Gasteiger partial charge in [0.15, 0.2) is 11.5 Å². The molecule has 0 amide bonds. The van der Waals surface area contributed by atoms with Crippen LogP contribution in [0.1, 0.15) is 48.4 Å². The van der Waals surface area contributed by atoms with E-state index in [1.165, 1.54) is 21.3 Å². The molecule has 0 aliphatic rings. The third-order valence-electron chi connectivity index (χ3n) is 4.52. The van der Waals surface area contributed by atoms with Crippen molar-refractivity contribution in [1.82, 2.24) is 10.3 Å². The molecule has 9 heteroatoms. The Balaban J connectivity index is 2.80. The minimum Gasteiger partial charge on any atom is -0.493 e. The second-order valence-corrected chi connectivity index (χ2v) is 6.35. The number of esters is 1. The first-order valence-corrected chi connectivity index (χ1v) is 9.64. The summed E-state index contributed by atoms with van der Waals surface area (Å²) in [6.07, 6.45) is -2.06. The molecule has 0 aliphatic carbocycles. The van der Waals surface area contributed by atoms with Gasteiger partial charge in [0.25, 0.3) is 6.43 Å². The van der Waals surface area contributed by atoms with Gasteiger partial charge in [-0.05, 0) is 32.0 Å². The highest BCUT2D eigenvalue weighted by Gasteiger charge is 2.32. The molecule has 2 N–H and O–H groups in total. The molecule has 1 aromatic heterocycles. The zero-order chi connectivity index (χ0) is 22.3. The Hall–Kier alpha value is -2.81. The van der Waals surface area contributed by atoms with Gasteiger partial charge in [0.05, 0.1) is 33.5 Å². The van der Waals surface area contributed by atoms with Crippen molar-refractivity contribution in [1.29, 1.82) is 0 Å². The largest absolute Gasteiger partial charge is 0.493 e. The molecule has 2 aromatic rings. The number of aromatic amines is 1. The molecule has 2 rings (SSSR count). The van der Waals surface area contributed by atoms with Crippen LogP contribution in [0.25, 0.3) is 11.1 Å². The van der Waals surface area contributed by atoms with Gasteiger partial charge in [-0.15, -0.1) is 0 Å². The molecule has 166 valence electrons. The number of hydrogen-bond acceptors (Lipinski definition) is 6. The van der Waals surface area contributed by atoms with Crippen LogP contribution in [-0.4, -0.2) is 45.4 Å². The fourth-order valence-corrected chi connectivity index (χ4v) is 3.28. The van der Waals surface area contributed by atoms with E-state index in [1.54, 1.807) is 19.1 Å². The van der Waals surface area contributed by atoms with Gasteiger partial charge in [0.1, 0.15) is 5.69 Å². The average Bonchev–Trinajstić information content (AvgIpc) is 3.12. The molecular weight excluding hydrogens is 398 g/mol. The fraction of sp³-hybridized carbons (Fsp3) is 0.476. The summed E-state index contributed by atoms with van der Waals surface area (Å²) in [5, 5.41) is 3.18. The van der Waals surface area contributed by atoms with E-state index in [2.05, 4.69) is 10.3 Å². The van der Waals surface area contributed by atoms with Gasteiger partial charge < -0.3 is 29.2 Å². The molecule has 0 fully saturated rings. The number of carbonyl (C=O) groups is 1. The van der Waals surface area contributed by atoms with Crippen molar-refractivity contribution in [2.24, 2.45) is 0 Å². The number of halogens is 2. The molecule has 0 saturated heterocycles. The van der Waals surface area contributed by atoms with E-state index in [-0.39, 0.29) is 35.9 Å². The maximum atomic E-state index is 14.2. The highest BCUT2D eigenvalue weighted by molar-refractivity contribution is 5.94. The third-order valence-corrected chi connectivity index (χ3v) is 4.52. The topological polar surface area (TPSA) is 81.8 Å². The molecule has 0 bridgehead atoms. The van der Waals surface area contributed by atoms with Crippen molar-refractivity contribution in [2.75, 3.05) is 34.5 Å². The predicted octanol–water partition coefficient (Wildman–Crippen LogP) is 4.32. The summed E-state index contributed by atoms with van der Waals surface area (Å²) in [4.78, 5) is 15.2. The first-order chi connectivity index (χ1) is 14.4. The molecular formula is C21H28F2N2O5. The lowest BCUT2D eigenvalue weighted by atomic mass is 9.98. The number of nitrogens with one attached hydrogen (secondary N) is 2. The summed E-state index contributed by atoms with van der Waals surface area (Å²) >= 11 is 0. The molecule has 0 unspecified atom stereocenters. The fourth-order valence-electron chi connectivity index (χ4n) is 3.28. The predicted molar refractivity (Wildman–Crippen MR) is 109 cm³/mol. The number of hydrogen-bond donors (Lipinski definition) is 2. The van der Waals surface area contributed by atoms with Crippen molar-refractivity contribution in [3.05, 3.63) is 29.1 Å². The van der Waals surface area contributed by atoms with Gasteiger partial charge in [-0.3, -0.25) is 0 Å². The van der Waals surface area contributed by atoms with Gasteiger partial charge in [0, 0.05) is 23.4 Å². The summed E-state index contributed by atoms with van der Waals surface area (Å²) in [7, 11) is 4.32. The second kappa shape index (κ2) is 10.8. The lowest BCUT2D eigenvalue weighted by Gasteiger charge is -2.17. The normalized spacial score (nSPS) is 10.9. The van der Waals surface area contributed by atoms with Crippen LogP contribution in [-0.2, 0) is 11.3 Å². The SMILES string of the molecule is CCCNCc1[nH]c(C(=O)OCC)c(C(F)F)c1-c1ccc(OC)c(OC)c1OC. The van der Waals surface area contributed by atoms with E-state index < -0.39 is 18.0 Å². The van der Waals surface area contributed by atoms with Crippen molar-refractivity contribution in [2.45, 2.75) is 33.2 Å². The third kappa shape index (κ3) is 4.67. The Morgan fingerprint density at radius 2 is 1.80 bits per heavy atom. The van der Waals surface area contributed by atoms with Crippen LogP contribution in [0.15, 0.2) is 12.1 Å². The summed E-state index contributed by atoms with van der Waals surface area (Å²) in [6, 6.07) is 3.21. The van der Waals surface area contributed by atoms with Crippen LogP contribution >= 0.6 is 0 Å². The van der Waals surface area contributed by atoms with Crippen LogP contribution in [0.4, 0.5) is 8.78 Å². The summed E-state index contributed by atoms with van der Waals surface area (Å²) in [6.45, 7) is 4.61. The van der Waals surface area contributed by atoms with E-state index in [0.717, 1.165) is 6.42 Å². The van der Waals surface area contributed by atoms with Gasteiger partial charge in [-0.2, -0.15) is 0 Å². The van der Waals surface area contributed by atoms with Gasteiger partial charge in [-0.1, -0.05) is 6.92 Å². The van der Waals surface area contributed by atoms with Crippen LogP contribution in [0, 0.1) is 0 Å². The Morgan fingerprint density at radius 1 is 1.10 bits per heavy atom. The number of alkyl halides is 2. The van der Waals surface area contributed by atoms with Gasteiger partial charge in [0.2, 0.25) is 5.75 Å². The van der Waals surface area contributed by atoms with Crippen LogP contribution in [0.3, 0.4) is 0 Å². The van der Waals surface area contributed by atoms with Crippen LogP contribution in [0.5, 0.6) is 17.2 Å². The Labute approximate surface area is 174 Å². The minimum atomic E-state index is -2.92. The minimum absolute atomic E-state index is 0.0684. The Bertz CT molecular complexity index is 868. The number of H-pyrrole nitrogens is 1. The first kappa shape index (κ1) is 23.5. The van der Waals surface area contributed by atoms with Crippen molar-refractivity contribution < 1.29 is 32.5 Å². The molecule has 1 heterocycles. The van der Waals surface area contributed by atoms with E-state index in [0.29, 0.717) is 23.6 Å². The Kier molecular flexibility index (Phi) is 8.46. The van der Waals surface area contributed by atoms with Gasteiger partial charge >= 0.3 is 5.97 Å². The van der Waals surface area contributed by atoms with Crippen molar-refractivity contribution in [3.63, 3.8) is 0 Å². The van der Waals surface area contributed by atoms with Crippen LogP contribution in [0.2, 0.25) is 0 Å². The number of aromatic nitrogens is 1. The standard InChI is InChI=1S/C21H28F2N2O5/c1-6-10-24-11-13-15(16(20(22)23)17(25-13)21(26)30-7-2)12-8-9-14(27-3)19(29-5)18(12)28-4/h8-9,20,24-25H,6-7,10-11H2,1-5H3. The van der Waals surface area contributed by atoms with Crippen molar-refractivity contribution in [3.8, 4) is 28.4 Å². The monoisotopic (exact) mass is 426 g/mol. The lowest BCUT2D eigenvalue weighted by molar-refractivity contribution is 0.0509. The first-order valence-electron chi connectivity index (χ1n) is 9.64. The van der Waals surface area contributed by atoms with Crippen LogP contribution < -0.4 is 19.5 Å². The maximum absolute atomic E-state index is 14.2. The number of benzene rings is 1. The maximum Gasteiger partial charge on any atom is 0.355 e. The number of methoxy groups -OCH3 is 3. The molecule has 0 aliphatic heterocycles. The molecule has 0 radical (unpaired) electrons. The average molecular weight is 426 g/mol. The molecule has 1 aromatic carbocycles. The highest BCUT2D eigenvalue weighted by atomic mass is 19.3. The van der Waals surface area contributed by atoms with Gasteiger partial charge in [-0.25, -0.2) is 13.6 Å². The molecule has 0 saturated carbocycles. The van der Waals surface area contributed by atoms with E-state index in [4.69, 9.17) is 18.9 Å². The van der Waals surface area contributed by atoms with E-state index in [1.807, 2.05) is 6.92 Å². The van der Waals surface area contributed by atoms with E-state index in [9.17, 15) is 13.6 Å². The summed E-state index contributed by atoms with van der Waals surface area (Å²) in [5.41, 5.74) is 0.242. The quantitative estimate of drug-likeness (QED) is 0.411. The summed E-state index contributed by atoms with van der Waals surface area (Å²) < 4.78 is 49.6. The second-order valence-electron chi connectivity index (χ2n) is 6.35. The molecule has 0 atom stereocenters. The number of carbonyl (C=O) groups excluding carboxylic acids is 1. The molecule has 30 heavy (non-hydrogen) atoms. The smallest absolute Gasteiger partial charge is 0.355 e. The molecule has 7 nitrogen and oxygen atoms in total. The highest BCUT2D eigenvalue weighted by Crippen LogP contribution is 2.48. The molecule has 0 spiro atoms. The van der Waals surface area contributed by atoms with Crippen molar-refractivity contribution >= 4 is 5.97 Å². The zero-order valence-corrected chi connectivity index (χ0v) is 17.9. The zero-order valence-electron chi connectivity index (χ0n) is 17.9. The summed E-state index contributed by atoms with van der Waals surface area (Å²) in [5.74, 6) is 0.0488.